The summed E-state index contributed by atoms with van der Waals surface area (Å²) in [6.45, 7) is 2.55. The van der Waals surface area contributed by atoms with Crippen molar-refractivity contribution in [2.24, 2.45) is 0 Å². The van der Waals surface area contributed by atoms with E-state index in [0.29, 0.717) is 6.42 Å². The minimum Gasteiger partial charge on any atom is -0.309 e. The largest absolute Gasteiger partial charge is 1.00 e. The van der Waals surface area contributed by atoms with Crippen LogP contribution in [0.2, 0.25) is 0 Å². The number of hydrogen-bond acceptors (Lipinski definition) is 4. The van der Waals surface area contributed by atoms with Crippen molar-refractivity contribution in [3.63, 3.8) is 0 Å². The van der Waals surface area contributed by atoms with Crippen LogP contribution in [0.4, 0.5) is 0 Å². The standard InChI is InChI=1S/C19H39NO4S.Na/c1-2-3-4-5-6-7-8-9-10-11-12-13-14-15-19(21)18-20-16-17-25(22,23)24;/h20H,2-18H2,1H3,(H,22,23,24);/q;+1. The van der Waals surface area contributed by atoms with Crippen molar-refractivity contribution in [3.8, 4) is 0 Å². The molecule has 150 valence electrons. The first-order chi connectivity index (χ1) is 12.0. The van der Waals surface area contributed by atoms with Gasteiger partial charge in [0.1, 0.15) is 5.78 Å². The van der Waals surface area contributed by atoms with Crippen LogP contribution < -0.4 is 34.9 Å². The Balaban J connectivity index is 0. The molecule has 0 saturated carbocycles. The molecule has 7 heteroatoms. The fraction of sp³-hybridized carbons (Fsp3) is 0.947. The van der Waals surface area contributed by atoms with Crippen molar-refractivity contribution in [1.29, 1.82) is 0 Å². The molecule has 26 heavy (non-hydrogen) atoms. The van der Waals surface area contributed by atoms with Crippen molar-refractivity contribution in [2.45, 2.75) is 96.8 Å². The van der Waals surface area contributed by atoms with E-state index in [4.69, 9.17) is 4.55 Å². The smallest absolute Gasteiger partial charge is 0.309 e. The zero-order chi connectivity index (χ0) is 18.8. The summed E-state index contributed by atoms with van der Waals surface area (Å²) in [5.41, 5.74) is 0. The van der Waals surface area contributed by atoms with Crippen LogP contribution in [0.25, 0.3) is 0 Å². The number of ketones is 1. The van der Waals surface area contributed by atoms with Gasteiger partial charge >= 0.3 is 29.6 Å². The molecule has 0 spiro atoms. The third-order valence-electron chi connectivity index (χ3n) is 4.42. The van der Waals surface area contributed by atoms with Crippen LogP contribution >= 0.6 is 0 Å². The van der Waals surface area contributed by atoms with E-state index in [1.165, 1.54) is 70.6 Å². The molecule has 0 unspecified atom stereocenters. The Hall–Kier alpha value is 0.540. The van der Waals surface area contributed by atoms with E-state index in [-0.39, 0.29) is 54.2 Å². The number of carbonyl (C=O) groups is 1. The molecule has 0 aliphatic rings. The zero-order valence-electron chi connectivity index (χ0n) is 17.1. The summed E-state index contributed by atoms with van der Waals surface area (Å²) in [5, 5.41) is 2.75. The van der Waals surface area contributed by atoms with E-state index in [0.717, 1.165) is 12.8 Å². The number of Topliss-reactive ketones (excluding diaryl/α,β-unsaturated/α-hetero) is 1. The summed E-state index contributed by atoms with van der Waals surface area (Å²) in [6, 6.07) is 0. The van der Waals surface area contributed by atoms with Gasteiger partial charge in [-0.25, -0.2) is 0 Å². The molecule has 0 rings (SSSR count). The van der Waals surface area contributed by atoms with Gasteiger partial charge in [0.25, 0.3) is 10.1 Å². The monoisotopic (exact) mass is 400 g/mol. The maximum Gasteiger partial charge on any atom is 1.00 e. The van der Waals surface area contributed by atoms with Crippen LogP contribution in [-0.2, 0) is 14.9 Å². The summed E-state index contributed by atoms with van der Waals surface area (Å²) >= 11 is 0. The summed E-state index contributed by atoms with van der Waals surface area (Å²) in [6.07, 6.45) is 17.3. The molecular weight excluding hydrogens is 361 g/mol. The molecule has 0 atom stereocenters. The van der Waals surface area contributed by atoms with Crippen LogP contribution in [0.5, 0.6) is 0 Å². The van der Waals surface area contributed by atoms with Crippen molar-refractivity contribution in [2.75, 3.05) is 18.8 Å². The van der Waals surface area contributed by atoms with E-state index >= 15 is 0 Å². The molecule has 5 nitrogen and oxygen atoms in total. The van der Waals surface area contributed by atoms with Gasteiger partial charge in [0.15, 0.2) is 0 Å². The van der Waals surface area contributed by atoms with Gasteiger partial charge in [-0.2, -0.15) is 8.42 Å². The van der Waals surface area contributed by atoms with Gasteiger partial charge in [-0.1, -0.05) is 84.0 Å². The van der Waals surface area contributed by atoms with Crippen molar-refractivity contribution in [1.82, 2.24) is 5.32 Å². The average molecular weight is 401 g/mol. The Labute approximate surface area is 183 Å². The molecule has 0 aliphatic carbocycles. The topological polar surface area (TPSA) is 83.5 Å². The first kappa shape index (κ1) is 28.7. The van der Waals surface area contributed by atoms with Crippen LogP contribution in [0.1, 0.15) is 96.8 Å². The minimum absolute atomic E-state index is 0. The van der Waals surface area contributed by atoms with E-state index in [2.05, 4.69) is 12.2 Å². The molecule has 0 bridgehead atoms. The summed E-state index contributed by atoms with van der Waals surface area (Å²) in [7, 11) is -3.94. The Morgan fingerprint density at radius 3 is 1.65 bits per heavy atom. The summed E-state index contributed by atoms with van der Waals surface area (Å²) in [4.78, 5) is 11.6. The first-order valence-electron chi connectivity index (χ1n) is 10.1. The fourth-order valence-corrected chi connectivity index (χ4v) is 3.26. The van der Waals surface area contributed by atoms with Gasteiger partial charge in [-0.3, -0.25) is 9.35 Å². The van der Waals surface area contributed by atoms with Crippen LogP contribution in [0.3, 0.4) is 0 Å². The molecule has 0 radical (unpaired) electrons. The number of nitrogens with one attached hydrogen (secondary N) is 1. The SMILES string of the molecule is CCCCCCCCCCCCCCCC(=O)CNCCS(=O)(=O)O.[Na+]. The number of hydrogen-bond donors (Lipinski definition) is 2. The fourth-order valence-electron chi connectivity index (χ4n) is 2.86. The molecule has 2 N–H and O–H groups in total. The second kappa shape index (κ2) is 20.3. The second-order valence-corrected chi connectivity index (χ2v) is 8.57. The van der Waals surface area contributed by atoms with Crippen molar-refractivity contribution >= 4 is 15.9 Å². The number of rotatable bonds is 19. The van der Waals surface area contributed by atoms with Gasteiger partial charge < -0.3 is 5.32 Å². The molecular formula is C19H39NNaO4S+. The maximum atomic E-state index is 11.6. The molecule has 0 amide bonds. The first-order valence-corrected chi connectivity index (χ1v) is 11.7. The third kappa shape index (κ3) is 24.5. The quantitative estimate of drug-likeness (QED) is 0.195. The Morgan fingerprint density at radius 1 is 0.808 bits per heavy atom. The number of carbonyl (C=O) groups excluding carboxylic acids is 1. The van der Waals surface area contributed by atoms with Crippen LogP contribution in [0, 0.1) is 0 Å². The Kier molecular flexibility index (Phi) is 22.4. The van der Waals surface area contributed by atoms with Gasteiger partial charge in [0, 0.05) is 13.0 Å². The van der Waals surface area contributed by atoms with Crippen LogP contribution in [-0.4, -0.2) is 37.6 Å². The summed E-state index contributed by atoms with van der Waals surface area (Å²) in [5.74, 6) is -0.239. The van der Waals surface area contributed by atoms with Gasteiger partial charge in [0.2, 0.25) is 0 Å². The summed E-state index contributed by atoms with van der Waals surface area (Å²) < 4.78 is 29.6. The molecule has 0 aromatic rings. The minimum atomic E-state index is -3.94. The molecule has 0 heterocycles. The van der Waals surface area contributed by atoms with E-state index in [1.807, 2.05) is 0 Å². The van der Waals surface area contributed by atoms with E-state index in [9.17, 15) is 13.2 Å². The predicted molar refractivity (Wildman–Crippen MR) is 105 cm³/mol. The second-order valence-electron chi connectivity index (χ2n) is 6.99. The maximum absolute atomic E-state index is 11.6. The molecule has 0 aromatic carbocycles. The zero-order valence-corrected chi connectivity index (χ0v) is 19.9. The Bertz CT molecular complexity index is 416. The molecule has 0 fully saturated rings. The third-order valence-corrected chi connectivity index (χ3v) is 5.14. The van der Waals surface area contributed by atoms with Crippen molar-refractivity contribution in [3.05, 3.63) is 0 Å². The van der Waals surface area contributed by atoms with Gasteiger partial charge in [0.05, 0.1) is 12.3 Å². The van der Waals surface area contributed by atoms with Crippen molar-refractivity contribution < 1.29 is 47.3 Å². The van der Waals surface area contributed by atoms with E-state index < -0.39 is 10.1 Å². The average Bonchev–Trinajstić information content (AvgIpc) is 2.55. The predicted octanol–water partition coefficient (Wildman–Crippen LogP) is 1.52. The molecule has 0 aromatic heterocycles. The number of unbranched alkanes of at least 4 members (excludes halogenated alkanes) is 12. The van der Waals surface area contributed by atoms with Gasteiger partial charge in [-0.05, 0) is 6.42 Å². The van der Waals surface area contributed by atoms with Crippen LogP contribution in [0.15, 0.2) is 0 Å². The molecule has 0 saturated heterocycles. The normalized spacial score (nSPS) is 11.3. The van der Waals surface area contributed by atoms with Gasteiger partial charge in [-0.15, -0.1) is 0 Å². The van der Waals surface area contributed by atoms with E-state index in [1.54, 1.807) is 0 Å². The molecule has 0 aliphatic heterocycles. The Morgan fingerprint density at radius 2 is 1.23 bits per heavy atom.